The van der Waals surface area contributed by atoms with Crippen molar-refractivity contribution in [1.29, 1.82) is 0 Å². The van der Waals surface area contributed by atoms with Gasteiger partial charge in [-0.1, -0.05) is 30.3 Å². The number of hydrogen-bond donors (Lipinski definition) is 0. The summed E-state index contributed by atoms with van der Waals surface area (Å²) < 4.78 is 29.5. The first-order valence-corrected chi connectivity index (χ1v) is 7.98. The molecule has 0 unspecified atom stereocenters. The molecule has 0 heterocycles. The zero-order valence-electron chi connectivity index (χ0n) is 14.1. The highest BCUT2D eigenvalue weighted by Crippen LogP contribution is 2.23. The second-order valence-corrected chi connectivity index (χ2v) is 5.49. The summed E-state index contributed by atoms with van der Waals surface area (Å²) in [4.78, 5) is 12.2. The summed E-state index contributed by atoms with van der Waals surface area (Å²) >= 11 is 0. The van der Waals surface area contributed by atoms with Gasteiger partial charge in [0.2, 0.25) is 0 Å². The van der Waals surface area contributed by atoms with Crippen LogP contribution in [-0.2, 0) is 11.3 Å². The lowest BCUT2D eigenvalue weighted by molar-refractivity contribution is 0.0472. The van der Waals surface area contributed by atoms with Crippen LogP contribution in [0.15, 0.2) is 72.8 Å². The average Bonchev–Trinajstić information content (AvgIpc) is 2.67. The molecule has 0 N–H and O–H groups in total. The second-order valence-electron chi connectivity index (χ2n) is 5.49. The van der Waals surface area contributed by atoms with E-state index in [2.05, 4.69) is 0 Å². The Bertz CT molecular complexity index is 894. The summed E-state index contributed by atoms with van der Waals surface area (Å²) in [6.07, 6.45) is 0. The number of esters is 1. The van der Waals surface area contributed by atoms with E-state index in [9.17, 15) is 9.18 Å². The second kappa shape index (κ2) is 8.16. The molecule has 0 aliphatic carbocycles. The standard InChI is InChI=1S/C21H17FO4/c1-24-20-11-10-15(12-19(20)22)14-25-21(23)16-6-5-9-18(13-16)26-17-7-3-2-4-8-17/h2-13H,14H2,1H3. The molecule has 0 aromatic heterocycles. The number of ether oxygens (including phenoxy) is 3. The molecule has 26 heavy (non-hydrogen) atoms. The van der Waals surface area contributed by atoms with Gasteiger partial charge in [0.05, 0.1) is 12.7 Å². The predicted molar refractivity (Wildman–Crippen MR) is 95.0 cm³/mol. The fourth-order valence-electron chi connectivity index (χ4n) is 2.34. The molecule has 3 rings (SSSR count). The molecule has 0 saturated carbocycles. The summed E-state index contributed by atoms with van der Waals surface area (Å²) in [5, 5.41) is 0. The van der Waals surface area contributed by atoms with Crippen LogP contribution in [0.3, 0.4) is 0 Å². The maximum absolute atomic E-state index is 13.7. The van der Waals surface area contributed by atoms with Crippen LogP contribution in [-0.4, -0.2) is 13.1 Å². The van der Waals surface area contributed by atoms with Gasteiger partial charge >= 0.3 is 5.97 Å². The largest absolute Gasteiger partial charge is 0.494 e. The van der Waals surface area contributed by atoms with Crippen LogP contribution in [0.25, 0.3) is 0 Å². The Balaban J connectivity index is 1.64. The molecule has 5 heteroatoms. The lowest BCUT2D eigenvalue weighted by Gasteiger charge is -2.09. The van der Waals surface area contributed by atoms with E-state index >= 15 is 0 Å². The fraction of sp³-hybridized carbons (Fsp3) is 0.0952. The molecule has 0 amide bonds. The van der Waals surface area contributed by atoms with Gasteiger partial charge in [-0.05, 0) is 48.0 Å². The number of rotatable bonds is 6. The molecule has 132 valence electrons. The van der Waals surface area contributed by atoms with Crippen molar-refractivity contribution >= 4 is 5.97 Å². The Labute approximate surface area is 150 Å². The van der Waals surface area contributed by atoms with Crippen molar-refractivity contribution in [2.24, 2.45) is 0 Å². The molecule has 0 atom stereocenters. The Morgan fingerprint density at radius 1 is 0.923 bits per heavy atom. The monoisotopic (exact) mass is 352 g/mol. The average molecular weight is 352 g/mol. The third-order valence-corrected chi connectivity index (χ3v) is 3.63. The molecular formula is C21H17FO4. The maximum atomic E-state index is 13.7. The number of hydrogen-bond acceptors (Lipinski definition) is 4. The van der Waals surface area contributed by atoms with Crippen LogP contribution < -0.4 is 9.47 Å². The molecule has 3 aromatic carbocycles. The zero-order valence-corrected chi connectivity index (χ0v) is 14.1. The van der Waals surface area contributed by atoms with E-state index in [4.69, 9.17) is 14.2 Å². The quantitative estimate of drug-likeness (QED) is 0.587. The molecule has 0 aliphatic rings. The number of halogens is 1. The lowest BCUT2D eigenvalue weighted by Crippen LogP contribution is -2.05. The van der Waals surface area contributed by atoms with Crippen LogP contribution in [0.1, 0.15) is 15.9 Å². The number of methoxy groups -OCH3 is 1. The minimum absolute atomic E-state index is 0.0382. The van der Waals surface area contributed by atoms with Crippen molar-refractivity contribution in [2.75, 3.05) is 7.11 Å². The highest BCUT2D eigenvalue weighted by Gasteiger charge is 2.10. The van der Waals surface area contributed by atoms with Gasteiger partial charge in [0.25, 0.3) is 0 Å². The number of carbonyl (C=O) groups is 1. The number of para-hydroxylation sites is 1. The van der Waals surface area contributed by atoms with Gasteiger partial charge in [-0.2, -0.15) is 0 Å². The molecule has 0 saturated heterocycles. The van der Waals surface area contributed by atoms with E-state index in [1.807, 2.05) is 30.3 Å². The summed E-state index contributed by atoms with van der Waals surface area (Å²) in [6.45, 7) is -0.0382. The van der Waals surface area contributed by atoms with Crippen molar-refractivity contribution in [1.82, 2.24) is 0 Å². The molecular weight excluding hydrogens is 335 g/mol. The van der Waals surface area contributed by atoms with Crippen LogP contribution in [0.2, 0.25) is 0 Å². The van der Waals surface area contributed by atoms with Gasteiger partial charge in [0, 0.05) is 0 Å². The molecule has 4 nitrogen and oxygen atoms in total. The maximum Gasteiger partial charge on any atom is 0.338 e. The Kier molecular flexibility index (Phi) is 5.49. The van der Waals surface area contributed by atoms with E-state index < -0.39 is 11.8 Å². The summed E-state index contributed by atoms with van der Waals surface area (Å²) in [5.41, 5.74) is 0.890. The first-order valence-electron chi connectivity index (χ1n) is 7.98. The van der Waals surface area contributed by atoms with Gasteiger partial charge in [-0.25, -0.2) is 9.18 Å². The minimum atomic E-state index is -0.514. The summed E-state index contributed by atoms with van der Waals surface area (Å²) in [7, 11) is 1.39. The first kappa shape index (κ1) is 17.5. The Morgan fingerprint density at radius 2 is 1.69 bits per heavy atom. The van der Waals surface area contributed by atoms with Crippen LogP contribution in [0.5, 0.6) is 17.2 Å². The predicted octanol–water partition coefficient (Wildman–Crippen LogP) is 4.98. The lowest BCUT2D eigenvalue weighted by atomic mass is 10.2. The van der Waals surface area contributed by atoms with Crippen molar-refractivity contribution in [3.05, 3.63) is 89.7 Å². The normalized spacial score (nSPS) is 10.2. The third kappa shape index (κ3) is 4.39. The SMILES string of the molecule is COc1ccc(COC(=O)c2cccc(Oc3ccccc3)c2)cc1F. The Hall–Kier alpha value is -3.34. The van der Waals surface area contributed by atoms with Crippen LogP contribution in [0.4, 0.5) is 4.39 Å². The zero-order chi connectivity index (χ0) is 18.4. The minimum Gasteiger partial charge on any atom is -0.494 e. The van der Waals surface area contributed by atoms with Crippen molar-refractivity contribution in [2.45, 2.75) is 6.61 Å². The van der Waals surface area contributed by atoms with E-state index in [0.717, 1.165) is 0 Å². The fourth-order valence-corrected chi connectivity index (χ4v) is 2.34. The molecule has 0 aliphatic heterocycles. The molecule has 0 radical (unpaired) electrons. The topological polar surface area (TPSA) is 44.8 Å². The number of carbonyl (C=O) groups excluding carboxylic acids is 1. The highest BCUT2D eigenvalue weighted by molar-refractivity contribution is 5.89. The van der Waals surface area contributed by atoms with Gasteiger partial charge in [-0.3, -0.25) is 0 Å². The molecule has 0 fully saturated rings. The van der Waals surface area contributed by atoms with Gasteiger partial charge in [0.1, 0.15) is 18.1 Å². The van der Waals surface area contributed by atoms with Crippen molar-refractivity contribution in [3.63, 3.8) is 0 Å². The van der Waals surface area contributed by atoms with E-state index in [0.29, 0.717) is 22.6 Å². The van der Waals surface area contributed by atoms with Crippen molar-refractivity contribution in [3.8, 4) is 17.2 Å². The number of benzene rings is 3. The molecule has 0 spiro atoms. The highest BCUT2D eigenvalue weighted by atomic mass is 19.1. The van der Waals surface area contributed by atoms with Gasteiger partial charge in [0.15, 0.2) is 11.6 Å². The Morgan fingerprint density at radius 3 is 2.42 bits per heavy atom. The van der Waals surface area contributed by atoms with E-state index in [1.54, 1.807) is 30.3 Å². The third-order valence-electron chi connectivity index (χ3n) is 3.63. The first-order chi connectivity index (χ1) is 12.7. The summed E-state index contributed by atoms with van der Waals surface area (Å²) in [6, 6.07) is 20.4. The van der Waals surface area contributed by atoms with Crippen molar-refractivity contribution < 1.29 is 23.4 Å². The van der Waals surface area contributed by atoms with Crippen LogP contribution >= 0.6 is 0 Å². The molecule has 3 aromatic rings. The summed E-state index contributed by atoms with van der Waals surface area (Å²) in [5.74, 6) is 0.331. The van der Waals surface area contributed by atoms with Gasteiger partial charge in [-0.15, -0.1) is 0 Å². The smallest absolute Gasteiger partial charge is 0.338 e. The van der Waals surface area contributed by atoms with E-state index in [-0.39, 0.29) is 12.4 Å². The van der Waals surface area contributed by atoms with Gasteiger partial charge < -0.3 is 14.2 Å². The molecule has 0 bridgehead atoms. The van der Waals surface area contributed by atoms with E-state index in [1.165, 1.54) is 19.2 Å². The van der Waals surface area contributed by atoms with Crippen LogP contribution in [0, 0.1) is 5.82 Å².